The highest BCUT2D eigenvalue weighted by Gasteiger charge is 2.38. The van der Waals surface area contributed by atoms with Crippen LogP contribution in [-0.4, -0.2) is 77.5 Å². The molecule has 5 rings (SSSR count). The zero-order valence-corrected chi connectivity index (χ0v) is 22.7. The van der Waals surface area contributed by atoms with Gasteiger partial charge in [-0.3, -0.25) is 9.88 Å². The Bertz CT molecular complexity index is 1480. The lowest BCUT2D eigenvalue weighted by Crippen LogP contribution is -2.38. The van der Waals surface area contributed by atoms with Crippen molar-refractivity contribution in [2.75, 3.05) is 30.8 Å². The summed E-state index contributed by atoms with van der Waals surface area (Å²) in [6.45, 7) is 3.17. The standard InChI is InChI=1S/C24H26FN5O3S.C2HF3O2/c1-34(31,32)19-5-6-22(21(25)14-19)30-13-9-20-23(30)27-16-28-24(20)33-18-7-11-29(12-8-18)15-17-4-2-3-10-26-17;3-2(4,5)1(6)7/h2-6,10,14,16,18H,7-9,11-13,15H2,1H3;(H,6,7). The Hall–Kier alpha value is -3.85. The van der Waals surface area contributed by atoms with E-state index < -0.39 is 27.8 Å². The van der Waals surface area contributed by atoms with Crippen LogP contribution in [0.5, 0.6) is 5.88 Å². The van der Waals surface area contributed by atoms with E-state index in [1.807, 2.05) is 24.4 Å². The van der Waals surface area contributed by atoms with Crippen LogP contribution in [-0.2, 0) is 27.6 Å². The SMILES string of the molecule is CS(=O)(=O)c1ccc(N2CCc3c(OC4CCN(Cc5ccccn5)CC4)ncnc32)c(F)c1.O=C(O)C(F)(F)F. The number of benzene rings is 1. The normalized spacial score (nSPS) is 16.1. The number of rotatable bonds is 6. The van der Waals surface area contributed by atoms with Crippen LogP contribution in [0.4, 0.5) is 29.1 Å². The minimum Gasteiger partial charge on any atom is -0.475 e. The van der Waals surface area contributed by atoms with Crippen molar-refractivity contribution in [3.63, 3.8) is 0 Å². The average molecular weight is 598 g/mol. The minimum absolute atomic E-state index is 0.0470. The number of aliphatic carboxylic acids is 1. The smallest absolute Gasteiger partial charge is 0.475 e. The molecule has 1 aromatic carbocycles. The van der Waals surface area contributed by atoms with Gasteiger partial charge in [0.15, 0.2) is 9.84 Å². The molecular weight excluding hydrogens is 570 g/mol. The van der Waals surface area contributed by atoms with E-state index in [9.17, 15) is 26.0 Å². The zero-order valence-electron chi connectivity index (χ0n) is 21.9. The quantitative estimate of drug-likeness (QED) is 0.420. The summed E-state index contributed by atoms with van der Waals surface area (Å²) in [5.74, 6) is -2.21. The summed E-state index contributed by atoms with van der Waals surface area (Å²) < 4.78 is 76.3. The van der Waals surface area contributed by atoms with E-state index in [-0.39, 0.29) is 11.0 Å². The molecule has 2 aromatic heterocycles. The Morgan fingerprint density at radius 3 is 2.39 bits per heavy atom. The van der Waals surface area contributed by atoms with E-state index in [1.165, 1.54) is 18.5 Å². The lowest BCUT2D eigenvalue weighted by atomic mass is 10.1. The molecule has 10 nitrogen and oxygen atoms in total. The molecule has 15 heteroatoms. The predicted octanol–water partition coefficient (Wildman–Crippen LogP) is 3.79. The number of likely N-dealkylation sites (tertiary alicyclic amines) is 1. The molecule has 41 heavy (non-hydrogen) atoms. The highest BCUT2D eigenvalue weighted by atomic mass is 32.2. The fourth-order valence-corrected chi connectivity index (χ4v) is 5.14. The number of carboxylic acids is 1. The summed E-state index contributed by atoms with van der Waals surface area (Å²) in [4.78, 5) is 26.1. The van der Waals surface area contributed by atoms with E-state index >= 15 is 0 Å². The highest BCUT2D eigenvalue weighted by Crippen LogP contribution is 2.38. The molecule has 0 amide bonds. The summed E-state index contributed by atoms with van der Waals surface area (Å²) >= 11 is 0. The van der Waals surface area contributed by atoms with Gasteiger partial charge in [0.05, 0.1) is 21.8 Å². The second-order valence-corrected chi connectivity index (χ2v) is 11.5. The van der Waals surface area contributed by atoms with Crippen molar-refractivity contribution in [2.24, 2.45) is 0 Å². The Morgan fingerprint density at radius 1 is 1.10 bits per heavy atom. The van der Waals surface area contributed by atoms with Gasteiger partial charge < -0.3 is 14.7 Å². The maximum Gasteiger partial charge on any atom is 0.490 e. The number of piperidine rings is 1. The molecular formula is C26H27F4N5O5S. The molecule has 0 spiro atoms. The molecule has 0 atom stereocenters. The number of nitrogens with zero attached hydrogens (tertiary/aromatic N) is 5. The lowest BCUT2D eigenvalue weighted by Gasteiger charge is -2.31. The van der Waals surface area contributed by atoms with Gasteiger partial charge in [0.1, 0.15) is 24.1 Å². The molecule has 1 fully saturated rings. The first kappa shape index (κ1) is 30.1. The number of fused-ring (bicyclic) bond motifs is 1. The van der Waals surface area contributed by atoms with Gasteiger partial charge >= 0.3 is 12.1 Å². The van der Waals surface area contributed by atoms with Crippen LogP contribution in [0.2, 0.25) is 0 Å². The number of anilines is 2. The van der Waals surface area contributed by atoms with E-state index in [0.717, 1.165) is 56.1 Å². The molecule has 0 unspecified atom stereocenters. The van der Waals surface area contributed by atoms with Crippen LogP contribution in [0, 0.1) is 5.82 Å². The van der Waals surface area contributed by atoms with Gasteiger partial charge in [0.25, 0.3) is 0 Å². The molecule has 4 heterocycles. The topological polar surface area (TPSA) is 126 Å². The Labute approximate surface area is 233 Å². The van der Waals surface area contributed by atoms with Crippen molar-refractivity contribution in [2.45, 2.75) is 43.0 Å². The largest absolute Gasteiger partial charge is 0.490 e. The van der Waals surface area contributed by atoms with Crippen LogP contribution < -0.4 is 9.64 Å². The first-order valence-corrected chi connectivity index (χ1v) is 14.4. The van der Waals surface area contributed by atoms with Crippen LogP contribution >= 0.6 is 0 Å². The second kappa shape index (κ2) is 12.3. The van der Waals surface area contributed by atoms with Gasteiger partial charge in [-0.15, -0.1) is 0 Å². The molecule has 1 saturated heterocycles. The van der Waals surface area contributed by atoms with E-state index in [4.69, 9.17) is 14.6 Å². The highest BCUT2D eigenvalue weighted by molar-refractivity contribution is 7.90. The van der Waals surface area contributed by atoms with Crippen molar-refractivity contribution in [1.82, 2.24) is 19.9 Å². The molecule has 0 bridgehead atoms. The maximum absolute atomic E-state index is 14.8. The third kappa shape index (κ3) is 7.67. The summed E-state index contributed by atoms with van der Waals surface area (Å²) in [5, 5.41) is 7.12. The Balaban J connectivity index is 0.000000493. The fourth-order valence-electron chi connectivity index (χ4n) is 4.51. The minimum atomic E-state index is -5.08. The number of hydrogen-bond acceptors (Lipinski definition) is 9. The number of alkyl halides is 3. The van der Waals surface area contributed by atoms with Crippen molar-refractivity contribution >= 4 is 27.3 Å². The Morgan fingerprint density at radius 2 is 1.80 bits per heavy atom. The van der Waals surface area contributed by atoms with Gasteiger partial charge in [-0.25, -0.2) is 27.6 Å². The molecule has 0 saturated carbocycles. The number of halogens is 4. The Kier molecular flexibility index (Phi) is 9.07. The van der Waals surface area contributed by atoms with Gasteiger partial charge in [0, 0.05) is 38.6 Å². The third-order valence-electron chi connectivity index (χ3n) is 6.53. The fraction of sp³-hybridized carbons (Fsp3) is 0.385. The number of hydrogen-bond donors (Lipinski definition) is 1. The maximum atomic E-state index is 14.8. The summed E-state index contributed by atoms with van der Waals surface area (Å²) in [6.07, 6.45) is 1.68. The molecule has 3 aromatic rings. The molecule has 1 N–H and O–H groups in total. The van der Waals surface area contributed by atoms with Crippen LogP contribution in [0.1, 0.15) is 24.1 Å². The molecule has 0 radical (unpaired) electrons. The second-order valence-electron chi connectivity index (χ2n) is 9.49. The van der Waals surface area contributed by atoms with Crippen molar-refractivity contribution in [3.05, 3.63) is 66.0 Å². The number of aromatic nitrogens is 3. The molecule has 0 aliphatic carbocycles. The van der Waals surface area contributed by atoms with Crippen molar-refractivity contribution < 1.29 is 40.6 Å². The van der Waals surface area contributed by atoms with Crippen LogP contribution in [0.15, 0.2) is 53.8 Å². The third-order valence-corrected chi connectivity index (χ3v) is 7.64. The first-order chi connectivity index (χ1) is 19.3. The van der Waals surface area contributed by atoms with E-state index in [2.05, 4.69) is 19.9 Å². The average Bonchev–Trinajstić information content (AvgIpc) is 3.35. The number of carboxylic acid groups (broad SMARTS) is 1. The molecule has 2 aliphatic rings. The van der Waals surface area contributed by atoms with E-state index in [0.29, 0.717) is 30.4 Å². The summed E-state index contributed by atoms with van der Waals surface area (Å²) in [5.41, 5.74) is 2.20. The van der Waals surface area contributed by atoms with Crippen molar-refractivity contribution in [3.8, 4) is 5.88 Å². The van der Waals surface area contributed by atoms with E-state index in [1.54, 1.807) is 4.90 Å². The molecule has 2 aliphatic heterocycles. The van der Waals surface area contributed by atoms with Crippen LogP contribution in [0.25, 0.3) is 0 Å². The summed E-state index contributed by atoms with van der Waals surface area (Å²) in [6, 6.07) is 9.92. The lowest BCUT2D eigenvalue weighted by molar-refractivity contribution is -0.192. The van der Waals surface area contributed by atoms with Gasteiger partial charge in [-0.2, -0.15) is 13.2 Å². The van der Waals surface area contributed by atoms with Crippen LogP contribution in [0.3, 0.4) is 0 Å². The first-order valence-electron chi connectivity index (χ1n) is 12.5. The predicted molar refractivity (Wildman–Crippen MR) is 139 cm³/mol. The van der Waals surface area contributed by atoms with Gasteiger partial charge in [0.2, 0.25) is 5.88 Å². The van der Waals surface area contributed by atoms with Gasteiger partial charge in [-0.05, 0) is 49.6 Å². The molecule has 220 valence electrons. The van der Waals surface area contributed by atoms with Gasteiger partial charge in [-0.1, -0.05) is 6.07 Å². The number of sulfone groups is 1. The number of ether oxygens (including phenoxy) is 1. The monoisotopic (exact) mass is 597 g/mol. The number of pyridine rings is 1. The van der Waals surface area contributed by atoms with Crippen molar-refractivity contribution in [1.29, 1.82) is 0 Å². The number of carbonyl (C=O) groups is 1. The zero-order chi connectivity index (χ0) is 29.8. The summed E-state index contributed by atoms with van der Waals surface area (Å²) in [7, 11) is -3.48.